The van der Waals surface area contributed by atoms with Crippen molar-refractivity contribution < 1.29 is 31.6 Å². The normalized spacial score (nSPS) is 14.0. The number of halogens is 3. The molecule has 0 bridgehead atoms. The molecule has 0 fully saturated rings. The summed E-state index contributed by atoms with van der Waals surface area (Å²) in [6.07, 6.45) is -0.561. The Balaban J connectivity index is 1.78. The summed E-state index contributed by atoms with van der Waals surface area (Å²) in [6, 6.07) is 9.19. The largest absolute Gasteiger partial charge is 0.493 e. The zero-order chi connectivity index (χ0) is 27.9. The summed E-state index contributed by atoms with van der Waals surface area (Å²) in [7, 11) is 0. The van der Waals surface area contributed by atoms with Gasteiger partial charge in [-0.1, -0.05) is 25.1 Å². The first-order valence-corrected chi connectivity index (χ1v) is 11.4. The number of pyridine rings is 1. The van der Waals surface area contributed by atoms with Crippen LogP contribution in [0.2, 0.25) is 0 Å². The van der Waals surface area contributed by atoms with Crippen molar-refractivity contribution in [3.63, 3.8) is 0 Å². The number of nitrogens with zero attached hydrogens (tertiary/aromatic N) is 3. The number of aromatic nitrogens is 3. The van der Waals surface area contributed by atoms with Crippen molar-refractivity contribution in [1.29, 1.82) is 0 Å². The molecule has 0 amide bonds. The molecule has 0 aliphatic rings. The Labute approximate surface area is 207 Å². The van der Waals surface area contributed by atoms with Gasteiger partial charge in [-0.2, -0.15) is 13.2 Å². The molecule has 188 valence electrons. The van der Waals surface area contributed by atoms with E-state index in [9.17, 15) is 18.0 Å². The molecular formula is C26H30F3N3O3. The molecule has 0 N–H and O–H groups in total. The van der Waals surface area contributed by atoms with E-state index in [1.165, 1.54) is 16.8 Å². The van der Waals surface area contributed by atoms with Crippen LogP contribution in [0.15, 0.2) is 48.8 Å². The number of imidazole rings is 1. The minimum atomic E-state index is -4.59. The predicted molar refractivity (Wildman–Crippen MR) is 126 cm³/mol. The number of rotatable bonds is 11. The van der Waals surface area contributed by atoms with Crippen molar-refractivity contribution in [3.8, 4) is 17.1 Å². The lowest BCUT2D eigenvalue weighted by Crippen LogP contribution is -2.11. The number of carbonyl (C=O) groups excluding carboxylic acids is 1. The molecule has 0 unspecified atom stereocenters. The van der Waals surface area contributed by atoms with Crippen molar-refractivity contribution in [2.24, 2.45) is 5.92 Å². The van der Waals surface area contributed by atoms with Gasteiger partial charge in [0.25, 0.3) is 0 Å². The highest BCUT2D eigenvalue weighted by atomic mass is 19.4. The molecule has 0 saturated heterocycles. The van der Waals surface area contributed by atoms with Crippen molar-refractivity contribution in [3.05, 3.63) is 65.7 Å². The Morgan fingerprint density at radius 2 is 1.97 bits per heavy atom. The number of carbonyl (C=O) groups is 1. The highest BCUT2D eigenvalue weighted by molar-refractivity contribution is 5.69. The maximum absolute atomic E-state index is 13.0. The summed E-state index contributed by atoms with van der Waals surface area (Å²) >= 11 is 0. The Morgan fingerprint density at radius 1 is 1.17 bits per heavy atom. The topological polar surface area (TPSA) is 66.2 Å². The highest BCUT2D eigenvalue weighted by Crippen LogP contribution is 2.30. The van der Waals surface area contributed by atoms with Gasteiger partial charge in [0, 0.05) is 39.7 Å². The van der Waals surface area contributed by atoms with Gasteiger partial charge in [0.05, 0.1) is 19.8 Å². The van der Waals surface area contributed by atoms with Crippen molar-refractivity contribution in [2.75, 3.05) is 13.2 Å². The van der Waals surface area contributed by atoms with Crippen molar-refractivity contribution >= 4 is 5.97 Å². The van der Waals surface area contributed by atoms with Crippen LogP contribution in [-0.2, 0) is 22.3 Å². The number of hydrogen-bond donors (Lipinski definition) is 0. The average molecular weight is 493 g/mol. The lowest BCUT2D eigenvalue weighted by molar-refractivity contribution is -0.144. The number of aryl methyl sites for hydroxylation is 1. The van der Waals surface area contributed by atoms with E-state index >= 15 is 0 Å². The Morgan fingerprint density at radius 3 is 2.66 bits per heavy atom. The minimum Gasteiger partial charge on any atom is -0.493 e. The standard InChI is InChI=1S/C26H30F3N3O3/c1-4-34-24(33)14-18(2)8-7-13-35-22-10-6-5-9-21(22)17-32-19(3)15-31-25(32)20-11-12-23(30-16-20)26(27,28)29/h5-6,9-12,15-16,18H,4,7-8,13-14,17H2,1-3H3/t18-/m1/s1/i3D3. The monoisotopic (exact) mass is 492 g/mol. The molecule has 0 saturated carbocycles. The van der Waals surface area contributed by atoms with Crippen LogP contribution in [0.25, 0.3) is 11.4 Å². The van der Waals surface area contributed by atoms with Gasteiger partial charge in [0.15, 0.2) is 0 Å². The Bertz CT molecular complexity index is 1210. The summed E-state index contributed by atoms with van der Waals surface area (Å²) in [5.74, 6) is 0.642. The van der Waals surface area contributed by atoms with E-state index in [1.807, 2.05) is 6.92 Å². The average Bonchev–Trinajstić information content (AvgIpc) is 3.26. The molecule has 1 aromatic carbocycles. The highest BCUT2D eigenvalue weighted by Gasteiger charge is 2.32. The van der Waals surface area contributed by atoms with Crippen LogP contribution in [0, 0.1) is 12.8 Å². The number of esters is 1. The van der Waals surface area contributed by atoms with Gasteiger partial charge in [-0.3, -0.25) is 9.78 Å². The third-order valence-corrected chi connectivity index (χ3v) is 5.39. The summed E-state index contributed by atoms with van der Waals surface area (Å²) in [5.41, 5.74) is -0.181. The van der Waals surface area contributed by atoms with Gasteiger partial charge in [-0.25, -0.2) is 4.98 Å². The molecular weight excluding hydrogens is 459 g/mol. The van der Waals surface area contributed by atoms with Crippen LogP contribution >= 0.6 is 0 Å². The molecule has 3 rings (SSSR count). The van der Waals surface area contributed by atoms with Crippen LogP contribution in [0.4, 0.5) is 13.2 Å². The molecule has 9 heteroatoms. The first-order valence-electron chi connectivity index (χ1n) is 12.9. The number of alkyl halides is 3. The van der Waals surface area contributed by atoms with E-state index in [-0.39, 0.29) is 35.5 Å². The summed E-state index contributed by atoms with van der Waals surface area (Å²) < 4.78 is 75.0. The summed E-state index contributed by atoms with van der Waals surface area (Å²) in [4.78, 5) is 19.3. The van der Waals surface area contributed by atoms with E-state index in [1.54, 1.807) is 31.2 Å². The van der Waals surface area contributed by atoms with E-state index < -0.39 is 18.7 Å². The fourth-order valence-electron chi connectivity index (χ4n) is 3.63. The molecule has 2 heterocycles. The third-order valence-electron chi connectivity index (χ3n) is 5.39. The number of ether oxygens (including phenoxy) is 2. The van der Waals surface area contributed by atoms with Gasteiger partial charge < -0.3 is 14.0 Å². The second-order valence-corrected chi connectivity index (χ2v) is 8.20. The zero-order valence-corrected chi connectivity index (χ0v) is 19.6. The van der Waals surface area contributed by atoms with Crippen LogP contribution < -0.4 is 4.74 Å². The van der Waals surface area contributed by atoms with Crippen LogP contribution in [0.1, 0.15) is 54.2 Å². The molecule has 2 aromatic heterocycles. The third kappa shape index (κ3) is 7.31. The number of hydrogen-bond acceptors (Lipinski definition) is 5. The lowest BCUT2D eigenvalue weighted by Gasteiger charge is -2.16. The SMILES string of the molecule is [2H]C([2H])([2H])c1cnc(-c2ccc(C(F)(F)F)nc2)n1Cc1ccccc1OCCC[C@@H](C)CC(=O)OCC. The van der Waals surface area contributed by atoms with Crippen LogP contribution in [-0.4, -0.2) is 33.7 Å². The van der Waals surface area contributed by atoms with E-state index in [4.69, 9.17) is 13.6 Å². The molecule has 3 aromatic rings. The second kappa shape index (κ2) is 11.9. The van der Waals surface area contributed by atoms with Gasteiger partial charge in [-0.05, 0) is 50.7 Å². The zero-order valence-electron chi connectivity index (χ0n) is 22.6. The maximum Gasteiger partial charge on any atom is 0.433 e. The Hall–Kier alpha value is -3.36. The smallest absolute Gasteiger partial charge is 0.433 e. The molecule has 0 aliphatic carbocycles. The fraction of sp³-hybridized carbons (Fsp3) is 0.423. The molecule has 0 radical (unpaired) electrons. The van der Waals surface area contributed by atoms with Crippen molar-refractivity contribution in [1.82, 2.24) is 14.5 Å². The minimum absolute atomic E-state index is 0.0602. The fourth-order valence-corrected chi connectivity index (χ4v) is 3.63. The molecule has 0 aliphatic heterocycles. The second-order valence-electron chi connectivity index (χ2n) is 8.20. The van der Waals surface area contributed by atoms with E-state index in [2.05, 4.69) is 9.97 Å². The summed E-state index contributed by atoms with van der Waals surface area (Å²) in [5, 5.41) is 0. The molecule has 1 atom stereocenters. The Kier molecular flexibility index (Phi) is 7.50. The maximum atomic E-state index is 13.0. The number of para-hydroxylation sites is 1. The number of benzene rings is 1. The summed E-state index contributed by atoms with van der Waals surface area (Å²) in [6.45, 7) is 2.04. The molecule has 6 nitrogen and oxygen atoms in total. The van der Waals surface area contributed by atoms with E-state index in [0.717, 1.165) is 18.7 Å². The van der Waals surface area contributed by atoms with Crippen molar-refractivity contribution in [2.45, 2.75) is 52.7 Å². The van der Waals surface area contributed by atoms with Gasteiger partial charge >= 0.3 is 12.1 Å². The van der Waals surface area contributed by atoms with Gasteiger partial charge in [-0.15, -0.1) is 0 Å². The van der Waals surface area contributed by atoms with Crippen LogP contribution in [0.3, 0.4) is 0 Å². The van der Waals surface area contributed by atoms with Gasteiger partial charge in [0.1, 0.15) is 17.3 Å². The van der Waals surface area contributed by atoms with Gasteiger partial charge in [0.2, 0.25) is 0 Å². The molecule has 35 heavy (non-hydrogen) atoms. The lowest BCUT2D eigenvalue weighted by atomic mass is 10.0. The first-order chi connectivity index (χ1) is 17.9. The van der Waals surface area contributed by atoms with Crippen LogP contribution in [0.5, 0.6) is 5.75 Å². The molecule has 0 spiro atoms. The van der Waals surface area contributed by atoms with E-state index in [0.29, 0.717) is 37.4 Å². The first kappa shape index (κ1) is 22.1. The predicted octanol–water partition coefficient (Wildman–Crippen LogP) is 6.07. The quantitative estimate of drug-likeness (QED) is 0.240.